The lowest BCUT2D eigenvalue weighted by molar-refractivity contribution is 0.380. The van der Waals surface area contributed by atoms with Crippen molar-refractivity contribution in [2.75, 3.05) is 20.6 Å². The molecule has 0 aliphatic carbocycles. The van der Waals surface area contributed by atoms with Crippen LogP contribution in [0.2, 0.25) is 5.02 Å². The summed E-state index contributed by atoms with van der Waals surface area (Å²) in [5, 5.41) is 0.132. The van der Waals surface area contributed by atoms with Gasteiger partial charge in [-0.15, -0.1) is 0 Å². The molecule has 1 rings (SSSR count). The van der Waals surface area contributed by atoms with Crippen molar-refractivity contribution in [3.05, 3.63) is 34.6 Å². The molecule has 1 atom stereocenters. The Morgan fingerprint density at radius 3 is 2.73 bits per heavy atom. The van der Waals surface area contributed by atoms with Gasteiger partial charge in [0.25, 0.3) is 0 Å². The number of halogens is 2. The molecule has 15 heavy (non-hydrogen) atoms. The highest BCUT2D eigenvalue weighted by Gasteiger charge is 2.13. The SMILES string of the molecule is CN(C)CC[C@@H](N)c1cccc(Cl)c1F. The molecule has 84 valence electrons. The predicted molar refractivity (Wildman–Crippen MR) is 61.5 cm³/mol. The second-order valence-corrected chi connectivity index (χ2v) is 4.25. The Morgan fingerprint density at radius 2 is 2.13 bits per heavy atom. The smallest absolute Gasteiger partial charge is 0.146 e. The molecule has 0 radical (unpaired) electrons. The van der Waals surface area contributed by atoms with E-state index in [-0.39, 0.29) is 11.1 Å². The van der Waals surface area contributed by atoms with Gasteiger partial charge in [-0.05, 0) is 33.1 Å². The monoisotopic (exact) mass is 230 g/mol. The van der Waals surface area contributed by atoms with E-state index in [2.05, 4.69) is 0 Å². The number of nitrogens with two attached hydrogens (primary N) is 1. The highest BCUT2D eigenvalue weighted by atomic mass is 35.5. The molecule has 0 saturated carbocycles. The molecule has 1 aromatic carbocycles. The third-order valence-electron chi connectivity index (χ3n) is 2.27. The normalized spacial score (nSPS) is 13.2. The zero-order valence-electron chi connectivity index (χ0n) is 9.00. The van der Waals surface area contributed by atoms with Crippen LogP contribution in [0.4, 0.5) is 4.39 Å². The van der Waals surface area contributed by atoms with Crippen LogP contribution in [0.1, 0.15) is 18.0 Å². The summed E-state index contributed by atoms with van der Waals surface area (Å²) in [6, 6.07) is 4.63. The largest absolute Gasteiger partial charge is 0.324 e. The van der Waals surface area contributed by atoms with E-state index >= 15 is 0 Å². The lowest BCUT2D eigenvalue weighted by atomic mass is 10.0. The topological polar surface area (TPSA) is 29.3 Å². The molecule has 0 aliphatic rings. The van der Waals surface area contributed by atoms with Crippen molar-refractivity contribution in [1.29, 1.82) is 0 Å². The Kier molecular flexibility index (Phi) is 4.51. The molecule has 0 heterocycles. The highest BCUT2D eigenvalue weighted by molar-refractivity contribution is 6.30. The van der Waals surface area contributed by atoms with Gasteiger partial charge in [0.1, 0.15) is 5.82 Å². The molecule has 0 unspecified atom stereocenters. The standard InChI is InChI=1S/C11H16ClFN2/c1-15(2)7-6-10(14)8-4-3-5-9(12)11(8)13/h3-5,10H,6-7,14H2,1-2H3/t10-/m1/s1. The van der Waals surface area contributed by atoms with Crippen molar-refractivity contribution in [2.24, 2.45) is 5.73 Å². The van der Waals surface area contributed by atoms with Crippen molar-refractivity contribution in [2.45, 2.75) is 12.5 Å². The molecule has 0 bridgehead atoms. The first-order chi connectivity index (χ1) is 7.02. The predicted octanol–water partition coefficient (Wildman–Crippen LogP) is 2.43. The van der Waals surface area contributed by atoms with Gasteiger partial charge in [-0.1, -0.05) is 23.7 Å². The van der Waals surface area contributed by atoms with Crippen LogP contribution in [0.3, 0.4) is 0 Å². The van der Waals surface area contributed by atoms with Crippen molar-refractivity contribution in [3.8, 4) is 0 Å². The Balaban J connectivity index is 2.73. The maximum atomic E-state index is 13.6. The third-order valence-corrected chi connectivity index (χ3v) is 2.56. The Labute approximate surface area is 94.8 Å². The molecule has 0 aromatic heterocycles. The molecular weight excluding hydrogens is 215 g/mol. The molecule has 0 fully saturated rings. The summed E-state index contributed by atoms with van der Waals surface area (Å²) >= 11 is 5.68. The molecule has 0 spiro atoms. The Morgan fingerprint density at radius 1 is 1.47 bits per heavy atom. The van der Waals surface area contributed by atoms with Crippen LogP contribution >= 0.6 is 11.6 Å². The minimum absolute atomic E-state index is 0.132. The van der Waals surface area contributed by atoms with E-state index in [0.717, 1.165) is 6.54 Å². The fourth-order valence-corrected chi connectivity index (χ4v) is 1.54. The summed E-state index contributed by atoms with van der Waals surface area (Å²) in [5.74, 6) is -0.398. The molecular formula is C11H16ClFN2. The van der Waals surface area contributed by atoms with Crippen molar-refractivity contribution in [3.63, 3.8) is 0 Å². The van der Waals surface area contributed by atoms with E-state index < -0.39 is 5.82 Å². The molecule has 2 nitrogen and oxygen atoms in total. The van der Waals surface area contributed by atoms with Gasteiger partial charge in [0.05, 0.1) is 5.02 Å². The lowest BCUT2D eigenvalue weighted by Gasteiger charge is -2.16. The van der Waals surface area contributed by atoms with Crippen LogP contribution in [-0.4, -0.2) is 25.5 Å². The minimum atomic E-state index is -0.398. The van der Waals surface area contributed by atoms with Gasteiger partial charge in [-0.25, -0.2) is 4.39 Å². The fraction of sp³-hybridized carbons (Fsp3) is 0.455. The molecule has 0 saturated heterocycles. The number of hydrogen-bond acceptors (Lipinski definition) is 2. The van der Waals surface area contributed by atoms with E-state index in [1.54, 1.807) is 12.1 Å². The van der Waals surface area contributed by atoms with E-state index in [9.17, 15) is 4.39 Å². The first-order valence-electron chi connectivity index (χ1n) is 4.86. The van der Waals surface area contributed by atoms with E-state index in [1.165, 1.54) is 6.07 Å². The van der Waals surface area contributed by atoms with Crippen LogP contribution in [0.15, 0.2) is 18.2 Å². The van der Waals surface area contributed by atoms with E-state index in [1.807, 2.05) is 19.0 Å². The van der Waals surface area contributed by atoms with Crippen molar-refractivity contribution in [1.82, 2.24) is 4.90 Å². The Bertz CT molecular complexity index is 328. The highest BCUT2D eigenvalue weighted by Crippen LogP contribution is 2.23. The summed E-state index contributed by atoms with van der Waals surface area (Å²) in [5.41, 5.74) is 6.38. The number of rotatable bonds is 4. The van der Waals surface area contributed by atoms with Gasteiger partial charge in [-0.2, -0.15) is 0 Å². The summed E-state index contributed by atoms with van der Waals surface area (Å²) in [4.78, 5) is 2.02. The quantitative estimate of drug-likeness (QED) is 0.861. The lowest BCUT2D eigenvalue weighted by Crippen LogP contribution is -2.20. The van der Waals surface area contributed by atoms with Gasteiger partial charge in [0, 0.05) is 11.6 Å². The molecule has 2 N–H and O–H groups in total. The van der Waals surface area contributed by atoms with Crippen LogP contribution in [0.25, 0.3) is 0 Å². The molecule has 1 aromatic rings. The summed E-state index contributed by atoms with van der Waals surface area (Å²) < 4.78 is 13.6. The third kappa shape index (κ3) is 3.45. The van der Waals surface area contributed by atoms with Gasteiger partial charge < -0.3 is 10.6 Å². The summed E-state index contributed by atoms with van der Waals surface area (Å²) in [7, 11) is 3.92. The molecule has 0 aliphatic heterocycles. The van der Waals surface area contributed by atoms with Crippen molar-refractivity contribution >= 4 is 11.6 Å². The summed E-state index contributed by atoms with van der Waals surface area (Å²) in [6.07, 6.45) is 0.713. The van der Waals surface area contributed by atoms with E-state index in [0.29, 0.717) is 12.0 Å². The first-order valence-corrected chi connectivity index (χ1v) is 5.24. The zero-order chi connectivity index (χ0) is 11.4. The zero-order valence-corrected chi connectivity index (χ0v) is 9.76. The number of nitrogens with zero attached hydrogens (tertiary/aromatic N) is 1. The van der Waals surface area contributed by atoms with Crippen molar-refractivity contribution < 1.29 is 4.39 Å². The second kappa shape index (κ2) is 5.45. The van der Waals surface area contributed by atoms with Crippen LogP contribution in [0, 0.1) is 5.82 Å². The molecule has 4 heteroatoms. The Hall–Kier alpha value is -0.640. The number of hydrogen-bond donors (Lipinski definition) is 1. The van der Waals surface area contributed by atoms with Crippen LogP contribution in [-0.2, 0) is 0 Å². The maximum absolute atomic E-state index is 13.6. The van der Waals surface area contributed by atoms with Crippen LogP contribution < -0.4 is 5.73 Å². The second-order valence-electron chi connectivity index (χ2n) is 3.84. The van der Waals surface area contributed by atoms with Gasteiger partial charge in [-0.3, -0.25) is 0 Å². The average Bonchev–Trinajstić information content (AvgIpc) is 2.18. The first kappa shape index (κ1) is 12.4. The van der Waals surface area contributed by atoms with Gasteiger partial charge in [0.15, 0.2) is 0 Å². The summed E-state index contributed by atoms with van der Waals surface area (Å²) in [6.45, 7) is 0.827. The van der Waals surface area contributed by atoms with Gasteiger partial charge >= 0.3 is 0 Å². The van der Waals surface area contributed by atoms with E-state index in [4.69, 9.17) is 17.3 Å². The number of benzene rings is 1. The maximum Gasteiger partial charge on any atom is 0.146 e. The molecule has 0 amide bonds. The average molecular weight is 231 g/mol. The van der Waals surface area contributed by atoms with Crippen LogP contribution in [0.5, 0.6) is 0 Å². The minimum Gasteiger partial charge on any atom is -0.324 e. The van der Waals surface area contributed by atoms with Gasteiger partial charge in [0.2, 0.25) is 0 Å². The fourth-order valence-electron chi connectivity index (χ4n) is 1.36.